The molecule has 0 radical (unpaired) electrons. The van der Waals surface area contributed by atoms with Crippen molar-refractivity contribution >= 4 is 22.3 Å². The van der Waals surface area contributed by atoms with Crippen LogP contribution in [0.3, 0.4) is 0 Å². The molecule has 0 aliphatic carbocycles. The van der Waals surface area contributed by atoms with Gasteiger partial charge in [0.25, 0.3) is 0 Å². The number of alkyl halides is 2. The van der Waals surface area contributed by atoms with E-state index in [0.29, 0.717) is 11.4 Å². The second-order valence-corrected chi connectivity index (χ2v) is 4.25. The van der Waals surface area contributed by atoms with E-state index in [1.807, 2.05) is 24.3 Å². The minimum absolute atomic E-state index is 0.103. The normalized spacial score (nSPS) is 12.8. The predicted octanol–water partition coefficient (Wildman–Crippen LogP) is 2.86. The van der Waals surface area contributed by atoms with Crippen LogP contribution < -0.4 is 11.1 Å². The molecule has 0 bridgehead atoms. The SMILES string of the molecule is CC(COC(F)F)Nc1c(N)cnc2ccccc12. The van der Waals surface area contributed by atoms with Crippen LogP contribution in [0.25, 0.3) is 10.9 Å². The van der Waals surface area contributed by atoms with E-state index in [4.69, 9.17) is 5.73 Å². The second-order valence-electron chi connectivity index (χ2n) is 4.25. The zero-order valence-electron chi connectivity index (χ0n) is 10.4. The summed E-state index contributed by atoms with van der Waals surface area (Å²) in [5.41, 5.74) is 7.84. The van der Waals surface area contributed by atoms with E-state index < -0.39 is 6.61 Å². The minimum Gasteiger partial charge on any atom is -0.396 e. The number of ether oxygens (including phenoxy) is 1. The molecule has 2 rings (SSSR count). The van der Waals surface area contributed by atoms with Crippen LogP contribution in [0.4, 0.5) is 20.2 Å². The minimum atomic E-state index is -2.77. The zero-order chi connectivity index (χ0) is 13.8. The van der Waals surface area contributed by atoms with Gasteiger partial charge in [-0.3, -0.25) is 4.98 Å². The van der Waals surface area contributed by atoms with Gasteiger partial charge in [-0.1, -0.05) is 18.2 Å². The summed E-state index contributed by atoms with van der Waals surface area (Å²) in [6, 6.07) is 7.19. The maximum Gasteiger partial charge on any atom is 0.345 e. The molecule has 102 valence electrons. The summed E-state index contributed by atoms with van der Waals surface area (Å²) in [6.45, 7) is -1.12. The number of hydrogen-bond donors (Lipinski definition) is 2. The summed E-state index contributed by atoms with van der Waals surface area (Å²) in [6.07, 6.45) is 1.55. The van der Waals surface area contributed by atoms with Gasteiger partial charge in [0.1, 0.15) is 0 Å². The van der Waals surface area contributed by atoms with Crippen molar-refractivity contribution in [2.45, 2.75) is 19.6 Å². The van der Waals surface area contributed by atoms with Gasteiger partial charge < -0.3 is 15.8 Å². The average Bonchev–Trinajstić information content (AvgIpc) is 2.40. The number of hydrogen-bond acceptors (Lipinski definition) is 4. The number of nitrogens with two attached hydrogens (primary N) is 1. The molecule has 1 atom stereocenters. The molecule has 1 aromatic carbocycles. The number of nitrogens with zero attached hydrogens (tertiary/aromatic N) is 1. The van der Waals surface area contributed by atoms with E-state index >= 15 is 0 Å². The van der Waals surface area contributed by atoms with Gasteiger partial charge in [-0.25, -0.2) is 0 Å². The lowest BCUT2D eigenvalue weighted by Gasteiger charge is -2.18. The number of nitrogens with one attached hydrogen (secondary N) is 1. The molecule has 4 nitrogen and oxygen atoms in total. The number of nitrogen functional groups attached to an aromatic ring is 1. The number of rotatable bonds is 5. The second kappa shape index (κ2) is 5.79. The van der Waals surface area contributed by atoms with Gasteiger partial charge in [-0.05, 0) is 13.0 Å². The first-order valence-electron chi connectivity index (χ1n) is 5.87. The molecule has 1 heterocycles. The summed E-state index contributed by atoms with van der Waals surface area (Å²) in [5.74, 6) is 0. The Balaban J connectivity index is 2.21. The number of anilines is 2. The zero-order valence-corrected chi connectivity index (χ0v) is 10.4. The Morgan fingerprint density at radius 2 is 2.11 bits per heavy atom. The van der Waals surface area contributed by atoms with Crippen LogP contribution in [0.15, 0.2) is 30.5 Å². The largest absolute Gasteiger partial charge is 0.396 e. The van der Waals surface area contributed by atoms with Crippen molar-refractivity contribution in [3.63, 3.8) is 0 Å². The molecule has 6 heteroatoms. The Bertz CT molecular complexity index is 563. The van der Waals surface area contributed by atoms with Crippen molar-refractivity contribution in [1.29, 1.82) is 0 Å². The van der Waals surface area contributed by atoms with Gasteiger partial charge in [0.15, 0.2) is 0 Å². The Labute approximate surface area is 109 Å². The van der Waals surface area contributed by atoms with E-state index in [1.54, 1.807) is 13.1 Å². The predicted molar refractivity (Wildman–Crippen MR) is 71.2 cm³/mol. The molecule has 0 spiro atoms. The van der Waals surface area contributed by atoms with Gasteiger partial charge in [0.2, 0.25) is 0 Å². The number of halogens is 2. The first-order valence-corrected chi connectivity index (χ1v) is 5.87. The molecule has 1 unspecified atom stereocenters. The molecule has 0 fully saturated rings. The van der Waals surface area contributed by atoms with Crippen LogP contribution >= 0.6 is 0 Å². The van der Waals surface area contributed by atoms with Crippen LogP contribution in [-0.2, 0) is 4.74 Å². The Morgan fingerprint density at radius 3 is 2.84 bits per heavy atom. The van der Waals surface area contributed by atoms with Gasteiger partial charge in [-0.15, -0.1) is 0 Å². The molecular weight excluding hydrogens is 252 g/mol. The summed E-state index contributed by atoms with van der Waals surface area (Å²) >= 11 is 0. The van der Waals surface area contributed by atoms with E-state index in [0.717, 1.165) is 10.9 Å². The highest BCUT2D eigenvalue weighted by Crippen LogP contribution is 2.28. The van der Waals surface area contributed by atoms with Crippen LogP contribution in [0.2, 0.25) is 0 Å². The lowest BCUT2D eigenvalue weighted by Crippen LogP contribution is -2.23. The maximum atomic E-state index is 12.0. The topological polar surface area (TPSA) is 60.2 Å². The molecule has 0 amide bonds. The lowest BCUT2D eigenvalue weighted by molar-refractivity contribution is -0.130. The number of fused-ring (bicyclic) bond motifs is 1. The van der Waals surface area contributed by atoms with Crippen molar-refractivity contribution in [1.82, 2.24) is 4.98 Å². The average molecular weight is 267 g/mol. The highest BCUT2D eigenvalue weighted by Gasteiger charge is 2.11. The van der Waals surface area contributed by atoms with Crippen LogP contribution in [0.5, 0.6) is 0 Å². The third-order valence-corrected chi connectivity index (χ3v) is 2.67. The van der Waals surface area contributed by atoms with Crippen molar-refractivity contribution in [3.05, 3.63) is 30.5 Å². The molecular formula is C13H15F2N3O. The highest BCUT2D eigenvalue weighted by molar-refractivity contribution is 5.96. The molecule has 1 aromatic heterocycles. The molecule has 2 aromatic rings. The van der Waals surface area contributed by atoms with Crippen molar-refractivity contribution in [2.75, 3.05) is 17.7 Å². The van der Waals surface area contributed by atoms with E-state index in [-0.39, 0.29) is 12.6 Å². The van der Waals surface area contributed by atoms with Crippen molar-refractivity contribution < 1.29 is 13.5 Å². The smallest absolute Gasteiger partial charge is 0.345 e. The van der Waals surface area contributed by atoms with E-state index in [9.17, 15) is 8.78 Å². The fourth-order valence-corrected chi connectivity index (χ4v) is 1.82. The lowest BCUT2D eigenvalue weighted by atomic mass is 10.1. The monoisotopic (exact) mass is 267 g/mol. The van der Waals surface area contributed by atoms with E-state index in [1.165, 1.54) is 0 Å². The van der Waals surface area contributed by atoms with Crippen molar-refractivity contribution in [3.8, 4) is 0 Å². The molecule has 0 aliphatic heterocycles. The Morgan fingerprint density at radius 1 is 1.37 bits per heavy atom. The standard InChI is InChI=1S/C13H15F2N3O/c1-8(7-19-13(14)15)18-12-9-4-2-3-5-11(9)17-6-10(12)16/h2-6,8,13H,7,16H2,1H3,(H,17,18). The molecule has 3 N–H and O–H groups in total. The van der Waals surface area contributed by atoms with Crippen LogP contribution in [-0.4, -0.2) is 24.2 Å². The van der Waals surface area contributed by atoms with Crippen molar-refractivity contribution in [2.24, 2.45) is 0 Å². The van der Waals surface area contributed by atoms with Gasteiger partial charge in [0, 0.05) is 11.4 Å². The van der Waals surface area contributed by atoms with Gasteiger partial charge in [0.05, 0.1) is 29.7 Å². The number of benzene rings is 1. The van der Waals surface area contributed by atoms with Crippen LogP contribution in [0, 0.1) is 0 Å². The number of pyridine rings is 1. The first-order chi connectivity index (χ1) is 9.08. The molecule has 0 saturated carbocycles. The summed E-state index contributed by atoms with van der Waals surface area (Å²) in [5, 5.41) is 3.94. The number of para-hydroxylation sites is 1. The summed E-state index contributed by atoms with van der Waals surface area (Å²) < 4.78 is 28.2. The maximum absolute atomic E-state index is 12.0. The number of aromatic nitrogens is 1. The molecule has 19 heavy (non-hydrogen) atoms. The highest BCUT2D eigenvalue weighted by atomic mass is 19.3. The fraction of sp³-hybridized carbons (Fsp3) is 0.308. The Kier molecular flexibility index (Phi) is 4.11. The van der Waals surface area contributed by atoms with Gasteiger partial charge >= 0.3 is 6.61 Å². The molecule has 0 aliphatic rings. The third-order valence-electron chi connectivity index (χ3n) is 2.67. The van der Waals surface area contributed by atoms with E-state index in [2.05, 4.69) is 15.0 Å². The van der Waals surface area contributed by atoms with Crippen LogP contribution in [0.1, 0.15) is 6.92 Å². The third kappa shape index (κ3) is 3.29. The molecule has 0 saturated heterocycles. The fourth-order valence-electron chi connectivity index (χ4n) is 1.82. The Hall–Kier alpha value is -1.95. The quantitative estimate of drug-likeness (QED) is 0.874. The summed E-state index contributed by atoms with van der Waals surface area (Å²) in [4.78, 5) is 4.21. The van der Waals surface area contributed by atoms with Gasteiger partial charge in [-0.2, -0.15) is 8.78 Å². The summed E-state index contributed by atoms with van der Waals surface area (Å²) in [7, 11) is 0. The first kappa shape index (κ1) is 13.5.